The average Bonchev–Trinajstić information content (AvgIpc) is 2.76. The Hall–Kier alpha value is -2.55. The van der Waals surface area contributed by atoms with Gasteiger partial charge >= 0.3 is 5.97 Å². The SMILES string of the molecule is C=CCN(c1ccc(Cl)cc1)S(=O)(=O)c1ccc(Cl)c(C(=O)OCC(=O)N[C@H](C)CC)c1. The highest BCUT2D eigenvalue weighted by molar-refractivity contribution is 7.92. The van der Waals surface area contributed by atoms with Crippen molar-refractivity contribution in [2.24, 2.45) is 0 Å². The lowest BCUT2D eigenvalue weighted by molar-refractivity contribution is -0.124. The lowest BCUT2D eigenvalue weighted by Gasteiger charge is -2.23. The van der Waals surface area contributed by atoms with Crippen molar-refractivity contribution in [1.29, 1.82) is 0 Å². The Bertz CT molecular complexity index is 1090. The monoisotopic (exact) mass is 498 g/mol. The van der Waals surface area contributed by atoms with Gasteiger partial charge in [0.15, 0.2) is 6.61 Å². The molecular formula is C22H24Cl2N2O5S. The molecule has 0 heterocycles. The first-order valence-corrected chi connectivity index (χ1v) is 11.9. The molecule has 0 radical (unpaired) electrons. The molecule has 2 aromatic rings. The van der Waals surface area contributed by atoms with Gasteiger partial charge in [0.2, 0.25) is 0 Å². The quantitative estimate of drug-likeness (QED) is 0.385. The summed E-state index contributed by atoms with van der Waals surface area (Å²) >= 11 is 12.0. The van der Waals surface area contributed by atoms with E-state index in [4.69, 9.17) is 27.9 Å². The van der Waals surface area contributed by atoms with E-state index in [1.165, 1.54) is 18.2 Å². The van der Waals surface area contributed by atoms with Crippen molar-refractivity contribution in [3.63, 3.8) is 0 Å². The zero-order valence-corrected chi connectivity index (χ0v) is 20.0. The van der Waals surface area contributed by atoms with E-state index in [1.807, 2.05) is 13.8 Å². The van der Waals surface area contributed by atoms with Gasteiger partial charge in [-0.2, -0.15) is 0 Å². The third-order valence-electron chi connectivity index (χ3n) is 4.51. The minimum atomic E-state index is -4.08. The minimum absolute atomic E-state index is 0.00181. The summed E-state index contributed by atoms with van der Waals surface area (Å²) in [5, 5.41) is 3.12. The number of amides is 1. The van der Waals surface area contributed by atoms with E-state index in [2.05, 4.69) is 11.9 Å². The fourth-order valence-electron chi connectivity index (χ4n) is 2.64. The number of ether oxygens (including phenoxy) is 1. The normalized spacial score (nSPS) is 12.0. The topological polar surface area (TPSA) is 92.8 Å². The second-order valence-corrected chi connectivity index (χ2v) is 9.60. The smallest absolute Gasteiger partial charge is 0.340 e. The lowest BCUT2D eigenvalue weighted by Crippen LogP contribution is -2.35. The highest BCUT2D eigenvalue weighted by atomic mass is 35.5. The number of halogens is 2. The predicted octanol–water partition coefficient (Wildman–Crippen LogP) is 4.45. The summed E-state index contributed by atoms with van der Waals surface area (Å²) in [4.78, 5) is 24.2. The Kier molecular flexibility index (Phi) is 9.12. The fourth-order valence-corrected chi connectivity index (χ4v) is 4.43. The minimum Gasteiger partial charge on any atom is -0.452 e. The number of benzene rings is 2. The highest BCUT2D eigenvalue weighted by Crippen LogP contribution is 2.28. The summed E-state index contributed by atoms with van der Waals surface area (Å²) in [6, 6.07) is 9.89. The molecule has 32 heavy (non-hydrogen) atoms. The maximum Gasteiger partial charge on any atom is 0.340 e. The summed E-state index contributed by atoms with van der Waals surface area (Å²) in [6.45, 7) is 6.82. The number of hydrogen-bond donors (Lipinski definition) is 1. The molecule has 0 fully saturated rings. The Morgan fingerprint density at radius 3 is 2.44 bits per heavy atom. The van der Waals surface area contributed by atoms with Gasteiger partial charge in [-0.15, -0.1) is 6.58 Å². The van der Waals surface area contributed by atoms with E-state index in [-0.39, 0.29) is 28.1 Å². The maximum atomic E-state index is 13.3. The molecule has 1 N–H and O–H groups in total. The van der Waals surface area contributed by atoms with Crippen LogP contribution in [-0.2, 0) is 19.6 Å². The van der Waals surface area contributed by atoms with Gasteiger partial charge in [0, 0.05) is 11.1 Å². The number of esters is 1. The van der Waals surface area contributed by atoms with Gasteiger partial charge in [0.25, 0.3) is 15.9 Å². The zero-order chi connectivity index (χ0) is 23.9. The molecule has 1 atom stereocenters. The Balaban J connectivity index is 2.30. The van der Waals surface area contributed by atoms with Crippen LogP contribution in [0.1, 0.15) is 30.6 Å². The van der Waals surface area contributed by atoms with E-state index in [9.17, 15) is 18.0 Å². The molecule has 0 saturated heterocycles. The van der Waals surface area contributed by atoms with Gasteiger partial charge in [-0.25, -0.2) is 13.2 Å². The summed E-state index contributed by atoms with van der Waals surface area (Å²) in [6.07, 6.45) is 2.16. The predicted molar refractivity (Wildman–Crippen MR) is 126 cm³/mol. The van der Waals surface area contributed by atoms with Gasteiger partial charge in [0.05, 0.1) is 27.7 Å². The third kappa shape index (κ3) is 6.48. The number of nitrogens with one attached hydrogen (secondary N) is 1. The van der Waals surface area contributed by atoms with E-state index in [0.717, 1.165) is 16.8 Å². The molecule has 0 saturated carbocycles. The first kappa shape index (κ1) is 25.7. The summed E-state index contributed by atoms with van der Waals surface area (Å²) in [7, 11) is -4.08. The van der Waals surface area contributed by atoms with Gasteiger partial charge in [-0.3, -0.25) is 9.10 Å². The fraction of sp³-hybridized carbons (Fsp3) is 0.273. The van der Waals surface area contributed by atoms with Crippen molar-refractivity contribution in [2.45, 2.75) is 31.2 Å². The van der Waals surface area contributed by atoms with E-state index < -0.39 is 28.5 Å². The number of hydrogen-bond acceptors (Lipinski definition) is 5. The molecule has 0 aromatic heterocycles. The van der Waals surface area contributed by atoms with Crippen LogP contribution in [0.4, 0.5) is 5.69 Å². The first-order chi connectivity index (χ1) is 15.1. The molecule has 7 nitrogen and oxygen atoms in total. The van der Waals surface area contributed by atoms with Crippen LogP contribution in [0, 0.1) is 0 Å². The Morgan fingerprint density at radius 1 is 1.19 bits per heavy atom. The number of sulfonamides is 1. The standard InChI is InChI=1S/C22H24Cl2N2O5S/c1-4-12-26(17-8-6-16(23)7-9-17)32(29,30)18-10-11-20(24)19(13-18)22(28)31-14-21(27)25-15(3)5-2/h4,6-11,13,15H,1,5,12,14H2,2-3H3,(H,25,27)/t15-/m1/s1. The van der Waals surface area contributed by atoms with Crippen molar-refractivity contribution in [3.05, 3.63) is 70.7 Å². The molecule has 0 bridgehead atoms. The van der Waals surface area contributed by atoms with Crippen molar-refractivity contribution in [1.82, 2.24) is 5.32 Å². The number of carbonyl (C=O) groups excluding carboxylic acids is 2. The summed E-state index contributed by atoms with van der Waals surface area (Å²) in [5.74, 6) is -1.37. The molecule has 2 aromatic carbocycles. The molecule has 0 aliphatic rings. The van der Waals surface area contributed by atoms with Crippen molar-refractivity contribution in [3.8, 4) is 0 Å². The molecule has 10 heteroatoms. The molecule has 0 spiro atoms. The summed E-state index contributed by atoms with van der Waals surface area (Å²) < 4.78 is 32.7. The van der Waals surface area contributed by atoms with Gasteiger partial charge in [0.1, 0.15) is 0 Å². The molecule has 1 amide bonds. The van der Waals surface area contributed by atoms with E-state index in [0.29, 0.717) is 10.7 Å². The average molecular weight is 499 g/mol. The molecule has 0 unspecified atom stereocenters. The van der Waals surface area contributed by atoms with E-state index >= 15 is 0 Å². The van der Waals surface area contributed by atoms with Crippen LogP contribution >= 0.6 is 23.2 Å². The van der Waals surface area contributed by atoms with Gasteiger partial charge in [-0.05, 0) is 55.8 Å². The first-order valence-electron chi connectivity index (χ1n) is 9.75. The van der Waals surface area contributed by atoms with Gasteiger partial charge < -0.3 is 10.1 Å². The van der Waals surface area contributed by atoms with Crippen molar-refractivity contribution >= 4 is 50.8 Å². The third-order valence-corrected chi connectivity index (χ3v) is 6.88. The number of anilines is 1. The molecular weight excluding hydrogens is 475 g/mol. The number of nitrogens with zero attached hydrogens (tertiary/aromatic N) is 1. The molecule has 172 valence electrons. The maximum absolute atomic E-state index is 13.3. The largest absolute Gasteiger partial charge is 0.452 e. The molecule has 0 aliphatic heterocycles. The zero-order valence-electron chi connectivity index (χ0n) is 17.7. The molecule has 2 rings (SSSR count). The second-order valence-electron chi connectivity index (χ2n) is 6.90. The van der Waals surface area contributed by atoms with Crippen LogP contribution in [0.5, 0.6) is 0 Å². The van der Waals surface area contributed by atoms with Crippen LogP contribution in [0.3, 0.4) is 0 Å². The van der Waals surface area contributed by atoms with E-state index in [1.54, 1.807) is 24.3 Å². The number of carbonyl (C=O) groups is 2. The highest BCUT2D eigenvalue weighted by Gasteiger charge is 2.26. The van der Waals surface area contributed by atoms with Crippen LogP contribution in [-0.4, -0.2) is 39.5 Å². The second kappa shape index (κ2) is 11.4. The van der Waals surface area contributed by atoms with Crippen LogP contribution in [0.2, 0.25) is 10.0 Å². The van der Waals surface area contributed by atoms with Crippen molar-refractivity contribution in [2.75, 3.05) is 17.5 Å². The Morgan fingerprint density at radius 2 is 1.84 bits per heavy atom. The molecule has 0 aliphatic carbocycles. The summed E-state index contributed by atoms with van der Waals surface area (Å²) in [5.41, 5.74) is 0.203. The van der Waals surface area contributed by atoms with Crippen LogP contribution < -0.4 is 9.62 Å². The Labute approximate surface area is 198 Å². The number of rotatable bonds is 10. The van der Waals surface area contributed by atoms with Gasteiger partial charge in [-0.1, -0.05) is 36.2 Å². The lowest BCUT2D eigenvalue weighted by atomic mass is 10.2. The van der Waals surface area contributed by atoms with Crippen LogP contribution in [0.25, 0.3) is 0 Å². The van der Waals surface area contributed by atoms with Crippen LogP contribution in [0.15, 0.2) is 60.0 Å². The van der Waals surface area contributed by atoms with Crippen molar-refractivity contribution < 1.29 is 22.7 Å².